The van der Waals surface area contributed by atoms with Crippen LogP contribution in [0.4, 0.5) is 0 Å². The van der Waals surface area contributed by atoms with Gasteiger partial charge in [0.25, 0.3) is 0 Å². The van der Waals surface area contributed by atoms with Gasteiger partial charge in [0.1, 0.15) is 30.2 Å². The van der Waals surface area contributed by atoms with Crippen LogP contribution in [0.2, 0.25) is 0 Å². The molecule has 0 aliphatic heterocycles. The molecule has 4 atom stereocenters. The summed E-state index contributed by atoms with van der Waals surface area (Å²) in [5.41, 5.74) is 3.55. The molecule has 0 heterocycles. The predicted octanol–water partition coefficient (Wildman–Crippen LogP) is 5.73. The van der Waals surface area contributed by atoms with Gasteiger partial charge in [0.05, 0.1) is 33.5 Å². The minimum absolute atomic E-state index is 0.140. The normalized spacial score (nSPS) is 13.9. The number of carbonyl (C=O) groups is 2. The molecule has 0 amide bonds. The zero-order valence-corrected chi connectivity index (χ0v) is 23.6. The molecule has 0 saturated heterocycles. The molecule has 0 saturated carbocycles. The Morgan fingerprint density at radius 2 is 0.810 bits per heavy atom. The van der Waals surface area contributed by atoms with E-state index >= 15 is 0 Å². The van der Waals surface area contributed by atoms with E-state index in [2.05, 4.69) is 0 Å². The highest BCUT2D eigenvalue weighted by molar-refractivity contribution is 5.60. The molecule has 4 aromatic rings. The largest absolute Gasteiger partial charge is 0.497 e. The standard InChI is InChI=1S/C35H36O7/c1-38-31-19-17-30(18-20-31)24-40-33(22-37)35(42-26-29-15-9-4-10-16-29)34(41-25-28-13-7-3-8-14-28)32(21-36)39-23-27-11-5-2-6-12-27/h2-22,32-35H,23-26H2,1H3/t32-,33-,34+,35+/m0/s1. The molecule has 7 heteroatoms. The maximum atomic E-state index is 12.5. The Balaban J connectivity index is 1.60. The van der Waals surface area contributed by atoms with Crippen LogP contribution in [-0.2, 0) is 55.0 Å². The third kappa shape index (κ3) is 9.46. The lowest BCUT2D eigenvalue weighted by Gasteiger charge is -2.34. The first-order valence-electron chi connectivity index (χ1n) is 13.8. The van der Waals surface area contributed by atoms with Crippen LogP contribution >= 0.6 is 0 Å². The summed E-state index contributed by atoms with van der Waals surface area (Å²) < 4.78 is 30.1. The Hall–Kier alpha value is -4.14. The highest BCUT2D eigenvalue weighted by atomic mass is 16.6. The lowest BCUT2D eigenvalue weighted by molar-refractivity contribution is -0.187. The summed E-state index contributed by atoms with van der Waals surface area (Å²) in [6, 6.07) is 36.1. The molecule has 0 fully saturated rings. The Labute approximate surface area is 247 Å². The molecule has 4 aromatic carbocycles. The average molecular weight is 569 g/mol. The van der Waals surface area contributed by atoms with Crippen molar-refractivity contribution in [3.8, 4) is 5.75 Å². The van der Waals surface area contributed by atoms with Crippen LogP contribution in [0, 0.1) is 0 Å². The monoisotopic (exact) mass is 568 g/mol. The summed E-state index contributed by atoms with van der Waals surface area (Å²) in [4.78, 5) is 25.0. The summed E-state index contributed by atoms with van der Waals surface area (Å²) in [5.74, 6) is 0.716. The van der Waals surface area contributed by atoms with Crippen molar-refractivity contribution in [2.75, 3.05) is 7.11 Å². The quantitative estimate of drug-likeness (QED) is 0.142. The van der Waals surface area contributed by atoms with Gasteiger partial charge in [0, 0.05) is 0 Å². The second-order valence-corrected chi connectivity index (χ2v) is 9.68. The maximum Gasteiger partial charge on any atom is 0.151 e. The fourth-order valence-electron chi connectivity index (χ4n) is 4.39. The van der Waals surface area contributed by atoms with Crippen LogP contribution in [0.3, 0.4) is 0 Å². The number of ether oxygens (including phenoxy) is 5. The van der Waals surface area contributed by atoms with E-state index in [-0.39, 0.29) is 26.4 Å². The van der Waals surface area contributed by atoms with E-state index < -0.39 is 24.4 Å². The molecule has 0 radical (unpaired) electrons. The molecule has 0 aromatic heterocycles. The molecule has 0 unspecified atom stereocenters. The second-order valence-electron chi connectivity index (χ2n) is 9.68. The van der Waals surface area contributed by atoms with Gasteiger partial charge in [-0.2, -0.15) is 0 Å². The minimum atomic E-state index is -1.06. The maximum absolute atomic E-state index is 12.5. The summed E-state index contributed by atoms with van der Waals surface area (Å²) in [7, 11) is 1.60. The topological polar surface area (TPSA) is 80.3 Å². The van der Waals surface area contributed by atoms with Gasteiger partial charge in [-0.15, -0.1) is 0 Å². The zero-order chi connectivity index (χ0) is 29.4. The van der Waals surface area contributed by atoms with E-state index in [1.807, 2.05) is 115 Å². The van der Waals surface area contributed by atoms with Crippen molar-refractivity contribution in [2.45, 2.75) is 50.8 Å². The third-order valence-electron chi connectivity index (χ3n) is 6.70. The summed E-state index contributed by atoms with van der Waals surface area (Å²) in [6.07, 6.45) is -2.63. The van der Waals surface area contributed by atoms with E-state index in [9.17, 15) is 9.59 Å². The molecule has 42 heavy (non-hydrogen) atoms. The van der Waals surface area contributed by atoms with Gasteiger partial charge in [-0.05, 0) is 34.4 Å². The third-order valence-corrected chi connectivity index (χ3v) is 6.70. The van der Waals surface area contributed by atoms with E-state index in [4.69, 9.17) is 23.7 Å². The minimum Gasteiger partial charge on any atom is -0.497 e. The molecular weight excluding hydrogens is 532 g/mol. The van der Waals surface area contributed by atoms with Crippen molar-refractivity contribution in [3.05, 3.63) is 138 Å². The van der Waals surface area contributed by atoms with Crippen LogP contribution in [0.1, 0.15) is 22.3 Å². The van der Waals surface area contributed by atoms with Crippen molar-refractivity contribution in [3.63, 3.8) is 0 Å². The Kier molecular flexibility index (Phi) is 12.4. The average Bonchev–Trinajstić information content (AvgIpc) is 3.06. The number of rotatable bonds is 18. The number of hydrogen-bond acceptors (Lipinski definition) is 7. The van der Waals surface area contributed by atoms with Crippen LogP contribution < -0.4 is 4.74 Å². The molecular formula is C35H36O7. The van der Waals surface area contributed by atoms with E-state index in [1.54, 1.807) is 7.11 Å². The lowest BCUT2D eigenvalue weighted by atomic mass is 10.0. The van der Waals surface area contributed by atoms with Gasteiger partial charge in [0.15, 0.2) is 12.6 Å². The first-order chi connectivity index (χ1) is 20.7. The van der Waals surface area contributed by atoms with Gasteiger partial charge >= 0.3 is 0 Å². The molecule has 0 bridgehead atoms. The van der Waals surface area contributed by atoms with E-state index in [1.165, 1.54) is 0 Å². The Morgan fingerprint density at radius 1 is 0.476 bits per heavy atom. The highest BCUT2D eigenvalue weighted by Crippen LogP contribution is 2.22. The smallest absolute Gasteiger partial charge is 0.151 e. The van der Waals surface area contributed by atoms with Crippen molar-refractivity contribution < 1.29 is 33.3 Å². The van der Waals surface area contributed by atoms with Crippen LogP contribution in [0.25, 0.3) is 0 Å². The van der Waals surface area contributed by atoms with Crippen molar-refractivity contribution >= 4 is 12.6 Å². The van der Waals surface area contributed by atoms with Crippen LogP contribution in [-0.4, -0.2) is 44.1 Å². The van der Waals surface area contributed by atoms with Crippen molar-refractivity contribution in [1.29, 1.82) is 0 Å². The fourth-order valence-corrected chi connectivity index (χ4v) is 4.39. The Morgan fingerprint density at radius 3 is 1.14 bits per heavy atom. The predicted molar refractivity (Wildman–Crippen MR) is 159 cm³/mol. The number of methoxy groups -OCH3 is 1. The SMILES string of the molecule is COc1ccc(CO[C@@H](C=O)[C@@H](OCc2ccccc2)[C@H](OCc2ccccc2)[C@H](C=O)OCc2ccccc2)cc1. The first-order valence-corrected chi connectivity index (χ1v) is 13.8. The van der Waals surface area contributed by atoms with Crippen molar-refractivity contribution in [1.82, 2.24) is 0 Å². The molecule has 0 aliphatic carbocycles. The first kappa shape index (κ1) is 30.8. The van der Waals surface area contributed by atoms with Gasteiger partial charge in [-0.1, -0.05) is 103 Å². The number of aldehydes is 2. The number of benzene rings is 4. The fraction of sp³-hybridized carbons (Fsp3) is 0.257. The van der Waals surface area contributed by atoms with Gasteiger partial charge < -0.3 is 33.3 Å². The van der Waals surface area contributed by atoms with Crippen LogP contribution in [0.5, 0.6) is 5.75 Å². The molecule has 0 N–H and O–H groups in total. The van der Waals surface area contributed by atoms with Gasteiger partial charge in [-0.25, -0.2) is 0 Å². The number of hydrogen-bond donors (Lipinski definition) is 0. The molecule has 4 rings (SSSR count). The van der Waals surface area contributed by atoms with Gasteiger partial charge in [-0.3, -0.25) is 0 Å². The highest BCUT2D eigenvalue weighted by Gasteiger charge is 2.38. The summed E-state index contributed by atoms with van der Waals surface area (Å²) >= 11 is 0. The Bertz CT molecular complexity index is 1310. The molecule has 0 aliphatic rings. The number of carbonyl (C=O) groups excluding carboxylic acids is 2. The zero-order valence-electron chi connectivity index (χ0n) is 23.6. The van der Waals surface area contributed by atoms with E-state index in [0.717, 1.165) is 22.3 Å². The van der Waals surface area contributed by atoms with E-state index in [0.29, 0.717) is 18.3 Å². The van der Waals surface area contributed by atoms with Gasteiger partial charge in [0.2, 0.25) is 0 Å². The summed E-state index contributed by atoms with van der Waals surface area (Å²) in [5, 5.41) is 0. The molecule has 0 spiro atoms. The second kappa shape index (κ2) is 17.0. The van der Waals surface area contributed by atoms with Crippen LogP contribution in [0.15, 0.2) is 115 Å². The molecule has 7 nitrogen and oxygen atoms in total. The van der Waals surface area contributed by atoms with Crippen molar-refractivity contribution in [2.24, 2.45) is 0 Å². The lowest BCUT2D eigenvalue weighted by Crippen LogP contribution is -2.50. The summed E-state index contributed by atoms with van der Waals surface area (Å²) in [6.45, 7) is 0.678. The molecule has 218 valence electrons.